The van der Waals surface area contributed by atoms with Crippen molar-refractivity contribution >= 4 is 33.0 Å². The van der Waals surface area contributed by atoms with Gasteiger partial charge in [-0.2, -0.15) is 0 Å². The lowest BCUT2D eigenvalue weighted by Crippen LogP contribution is -2.34. The molecule has 0 saturated carbocycles. The molecule has 0 aliphatic rings. The standard InChI is InChI=1S/C16H22N2O2S/c1-16(2,6-7-20-3)10-18-15(19)14-9-11-8-12(17)4-5-13(11)21-14/h4-5,8-9H,6-7,10,17H2,1-3H3,(H,18,19). The molecule has 0 spiro atoms. The summed E-state index contributed by atoms with van der Waals surface area (Å²) in [6.07, 6.45) is 0.909. The predicted octanol–water partition coefficient (Wildman–Crippen LogP) is 3.28. The van der Waals surface area contributed by atoms with Crippen molar-refractivity contribution in [3.63, 3.8) is 0 Å². The molecule has 1 heterocycles. The summed E-state index contributed by atoms with van der Waals surface area (Å²) in [6, 6.07) is 7.60. The minimum atomic E-state index is -0.0275. The van der Waals surface area contributed by atoms with Crippen LogP contribution in [0.3, 0.4) is 0 Å². The van der Waals surface area contributed by atoms with Crippen LogP contribution in [-0.4, -0.2) is 26.2 Å². The highest BCUT2D eigenvalue weighted by Gasteiger charge is 2.19. The van der Waals surface area contributed by atoms with Crippen molar-refractivity contribution in [3.05, 3.63) is 29.1 Å². The highest BCUT2D eigenvalue weighted by atomic mass is 32.1. The number of ether oxygens (including phenoxy) is 1. The summed E-state index contributed by atoms with van der Waals surface area (Å²) in [5.41, 5.74) is 6.50. The Morgan fingerprint density at radius 3 is 2.86 bits per heavy atom. The van der Waals surface area contributed by atoms with E-state index in [4.69, 9.17) is 10.5 Å². The molecule has 0 unspecified atom stereocenters. The van der Waals surface area contributed by atoms with E-state index in [2.05, 4.69) is 19.2 Å². The smallest absolute Gasteiger partial charge is 0.261 e. The van der Waals surface area contributed by atoms with Crippen LogP contribution in [0.5, 0.6) is 0 Å². The molecule has 114 valence electrons. The van der Waals surface area contributed by atoms with Gasteiger partial charge in [0.05, 0.1) is 4.88 Å². The minimum absolute atomic E-state index is 0.0206. The number of benzene rings is 1. The molecule has 5 heteroatoms. The van der Waals surface area contributed by atoms with E-state index in [-0.39, 0.29) is 11.3 Å². The molecule has 0 bridgehead atoms. The lowest BCUT2D eigenvalue weighted by Gasteiger charge is -2.24. The lowest BCUT2D eigenvalue weighted by molar-refractivity contribution is 0.0925. The van der Waals surface area contributed by atoms with Gasteiger partial charge in [0.15, 0.2) is 0 Å². The molecule has 1 amide bonds. The van der Waals surface area contributed by atoms with Gasteiger partial charge in [-0.3, -0.25) is 4.79 Å². The van der Waals surface area contributed by atoms with Crippen LogP contribution >= 0.6 is 11.3 Å². The van der Waals surface area contributed by atoms with Crippen molar-refractivity contribution < 1.29 is 9.53 Å². The molecular formula is C16H22N2O2S. The minimum Gasteiger partial charge on any atom is -0.399 e. The van der Waals surface area contributed by atoms with Gasteiger partial charge in [0.25, 0.3) is 5.91 Å². The Bertz CT molecular complexity index is 634. The zero-order valence-electron chi connectivity index (χ0n) is 12.7. The van der Waals surface area contributed by atoms with Crippen molar-refractivity contribution in [2.24, 2.45) is 5.41 Å². The second-order valence-corrected chi connectivity index (χ2v) is 7.08. The average Bonchev–Trinajstić information content (AvgIpc) is 2.85. The zero-order chi connectivity index (χ0) is 15.5. The maximum absolute atomic E-state index is 12.3. The van der Waals surface area contributed by atoms with Crippen molar-refractivity contribution in [1.82, 2.24) is 5.32 Å². The molecule has 0 fully saturated rings. The van der Waals surface area contributed by atoms with Gasteiger partial charge in [0.2, 0.25) is 0 Å². The molecule has 1 aromatic heterocycles. The number of carbonyl (C=O) groups is 1. The van der Waals surface area contributed by atoms with Gasteiger partial charge in [-0.05, 0) is 41.5 Å². The summed E-state index contributed by atoms with van der Waals surface area (Å²) in [5, 5.41) is 4.03. The van der Waals surface area contributed by atoms with Crippen LogP contribution in [0.2, 0.25) is 0 Å². The SMILES string of the molecule is COCCC(C)(C)CNC(=O)c1cc2cc(N)ccc2s1. The number of nitrogens with two attached hydrogens (primary N) is 1. The summed E-state index contributed by atoms with van der Waals surface area (Å²) >= 11 is 1.49. The van der Waals surface area contributed by atoms with Crippen molar-refractivity contribution in [1.29, 1.82) is 0 Å². The number of methoxy groups -OCH3 is 1. The highest BCUT2D eigenvalue weighted by molar-refractivity contribution is 7.20. The molecule has 2 aromatic rings. The second-order valence-electron chi connectivity index (χ2n) is 6.00. The first-order valence-corrected chi connectivity index (χ1v) is 7.79. The Hall–Kier alpha value is -1.59. The summed E-state index contributed by atoms with van der Waals surface area (Å²) in [7, 11) is 1.69. The number of rotatable bonds is 6. The van der Waals surface area contributed by atoms with E-state index in [1.165, 1.54) is 11.3 Å². The van der Waals surface area contributed by atoms with Crippen molar-refractivity contribution in [2.75, 3.05) is 26.0 Å². The van der Waals surface area contributed by atoms with E-state index in [0.717, 1.165) is 21.4 Å². The normalized spacial score (nSPS) is 11.8. The number of hydrogen-bond acceptors (Lipinski definition) is 4. The third-order valence-corrected chi connectivity index (χ3v) is 4.59. The first-order valence-electron chi connectivity index (χ1n) is 6.97. The van der Waals surface area contributed by atoms with E-state index in [0.29, 0.717) is 18.8 Å². The number of fused-ring (bicyclic) bond motifs is 1. The molecule has 0 saturated heterocycles. The van der Waals surface area contributed by atoms with Crippen LogP contribution < -0.4 is 11.1 Å². The molecule has 0 aliphatic heterocycles. The molecule has 0 aliphatic carbocycles. The topological polar surface area (TPSA) is 64.3 Å². The number of hydrogen-bond donors (Lipinski definition) is 2. The van der Waals surface area contributed by atoms with Crippen LogP contribution in [-0.2, 0) is 4.74 Å². The Morgan fingerprint density at radius 2 is 2.14 bits per heavy atom. The summed E-state index contributed by atoms with van der Waals surface area (Å²) in [5.74, 6) is -0.0275. The fraction of sp³-hybridized carbons (Fsp3) is 0.438. The van der Waals surface area contributed by atoms with Gasteiger partial charge in [0.1, 0.15) is 0 Å². The largest absolute Gasteiger partial charge is 0.399 e. The van der Waals surface area contributed by atoms with E-state index in [1.807, 2.05) is 24.3 Å². The van der Waals surface area contributed by atoms with Crippen molar-refractivity contribution in [2.45, 2.75) is 20.3 Å². The molecule has 4 nitrogen and oxygen atoms in total. The van der Waals surface area contributed by atoms with E-state index in [9.17, 15) is 4.79 Å². The molecule has 3 N–H and O–H groups in total. The van der Waals surface area contributed by atoms with E-state index >= 15 is 0 Å². The van der Waals surface area contributed by atoms with Crippen LogP contribution in [0.4, 0.5) is 5.69 Å². The van der Waals surface area contributed by atoms with Crippen LogP contribution in [0.15, 0.2) is 24.3 Å². The van der Waals surface area contributed by atoms with Crippen LogP contribution in [0, 0.1) is 5.41 Å². The summed E-state index contributed by atoms with van der Waals surface area (Å²) < 4.78 is 6.17. The highest BCUT2D eigenvalue weighted by Crippen LogP contribution is 2.27. The van der Waals surface area contributed by atoms with Crippen molar-refractivity contribution in [3.8, 4) is 0 Å². The fourth-order valence-electron chi connectivity index (χ4n) is 2.05. The van der Waals surface area contributed by atoms with Gasteiger partial charge in [-0.1, -0.05) is 13.8 Å². The monoisotopic (exact) mass is 306 g/mol. The van der Waals surface area contributed by atoms with E-state index < -0.39 is 0 Å². The molecule has 0 atom stereocenters. The van der Waals surface area contributed by atoms with E-state index in [1.54, 1.807) is 7.11 Å². The number of nitrogen functional groups attached to an aromatic ring is 1. The predicted molar refractivity (Wildman–Crippen MR) is 88.8 cm³/mol. The third kappa shape index (κ3) is 4.19. The Labute approximate surface area is 129 Å². The molecule has 21 heavy (non-hydrogen) atoms. The van der Waals surface area contributed by atoms with Gasteiger partial charge >= 0.3 is 0 Å². The maximum Gasteiger partial charge on any atom is 0.261 e. The summed E-state index contributed by atoms with van der Waals surface area (Å²) in [4.78, 5) is 13.0. The Kier molecular flexibility index (Phi) is 4.85. The molecular weight excluding hydrogens is 284 g/mol. The second kappa shape index (κ2) is 6.45. The van der Waals surface area contributed by atoms with Crippen LogP contribution in [0.1, 0.15) is 29.9 Å². The molecule has 0 radical (unpaired) electrons. The first kappa shape index (κ1) is 15.8. The van der Waals surface area contributed by atoms with Gasteiger partial charge in [-0.15, -0.1) is 11.3 Å². The number of nitrogens with one attached hydrogen (secondary N) is 1. The zero-order valence-corrected chi connectivity index (χ0v) is 13.5. The first-order chi connectivity index (χ1) is 9.91. The third-order valence-electron chi connectivity index (χ3n) is 3.47. The Balaban J connectivity index is 2.02. The molecule has 2 rings (SSSR count). The fourth-order valence-corrected chi connectivity index (χ4v) is 3.01. The quantitative estimate of drug-likeness (QED) is 0.805. The number of amides is 1. The summed E-state index contributed by atoms with van der Waals surface area (Å²) in [6.45, 7) is 5.58. The maximum atomic E-state index is 12.3. The van der Waals surface area contributed by atoms with Gasteiger partial charge in [-0.25, -0.2) is 0 Å². The lowest BCUT2D eigenvalue weighted by atomic mass is 9.90. The molecule has 1 aromatic carbocycles. The van der Waals surface area contributed by atoms with Gasteiger partial charge in [0, 0.05) is 30.6 Å². The number of carbonyl (C=O) groups excluding carboxylic acids is 1. The number of thiophene rings is 1. The average molecular weight is 306 g/mol. The Morgan fingerprint density at radius 1 is 1.38 bits per heavy atom. The number of anilines is 1. The van der Waals surface area contributed by atoms with Crippen LogP contribution in [0.25, 0.3) is 10.1 Å². The van der Waals surface area contributed by atoms with Gasteiger partial charge < -0.3 is 15.8 Å².